The molecule has 1 aliphatic heterocycles. The summed E-state index contributed by atoms with van der Waals surface area (Å²) in [5, 5.41) is 2.96. The predicted octanol–water partition coefficient (Wildman–Crippen LogP) is 2.71. The lowest BCUT2D eigenvalue weighted by Gasteiger charge is -2.42. The van der Waals surface area contributed by atoms with Crippen molar-refractivity contribution in [3.05, 3.63) is 66.0 Å². The number of carbonyl (C=O) groups is 2. The molecule has 1 aromatic carbocycles. The first-order valence-corrected chi connectivity index (χ1v) is 9.51. The molecule has 0 radical (unpaired) electrons. The minimum Gasteiger partial charge on any atom is -0.349 e. The lowest BCUT2D eigenvalue weighted by atomic mass is 9.70. The van der Waals surface area contributed by atoms with Gasteiger partial charge >= 0.3 is 0 Å². The topological polar surface area (TPSA) is 62.3 Å². The number of aromatic nitrogens is 1. The van der Waals surface area contributed by atoms with E-state index in [1.54, 1.807) is 13.1 Å². The highest BCUT2D eigenvalue weighted by molar-refractivity contribution is 5.88. The molecule has 0 saturated carbocycles. The normalized spacial score (nSPS) is 17.9. The van der Waals surface area contributed by atoms with Gasteiger partial charge in [0.25, 0.3) is 0 Å². The van der Waals surface area contributed by atoms with Crippen molar-refractivity contribution in [2.45, 2.75) is 44.7 Å². The Morgan fingerprint density at radius 1 is 1.11 bits per heavy atom. The number of pyridine rings is 1. The molecule has 1 amide bonds. The van der Waals surface area contributed by atoms with Gasteiger partial charge in [0.2, 0.25) is 5.91 Å². The number of nitrogens with zero attached hydrogens (tertiary/aromatic N) is 2. The van der Waals surface area contributed by atoms with Crippen LogP contribution in [0.3, 0.4) is 0 Å². The Balaban J connectivity index is 1.60. The van der Waals surface area contributed by atoms with Crippen LogP contribution in [0.15, 0.2) is 54.7 Å². The molecule has 1 unspecified atom stereocenters. The predicted molar refractivity (Wildman–Crippen MR) is 105 cm³/mol. The molecule has 27 heavy (non-hydrogen) atoms. The molecular weight excluding hydrogens is 338 g/mol. The Kier molecular flexibility index (Phi) is 6.01. The molecule has 1 atom stereocenters. The third-order valence-electron chi connectivity index (χ3n) is 5.75. The van der Waals surface area contributed by atoms with Gasteiger partial charge in [-0.2, -0.15) is 0 Å². The number of hydrogen-bond donors (Lipinski definition) is 1. The molecule has 5 nitrogen and oxygen atoms in total. The van der Waals surface area contributed by atoms with Crippen molar-refractivity contribution in [3.63, 3.8) is 0 Å². The van der Waals surface area contributed by atoms with E-state index in [4.69, 9.17) is 0 Å². The van der Waals surface area contributed by atoms with Crippen molar-refractivity contribution < 1.29 is 9.59 Å². The molecule has 1 N–H and O–H groups in total. The van der Waals surface area contributed by atoms with Gasteiger partial charge in [0.05, 0.1) is 23.7 Å². The second-order valence-electron chi connectivity index (χ2n) is 7.26. The first-order valence-electron chi connectivity index (χ1n) is 9.51. The summed E-state index contributed by atoms with van der Waals surface area (Å²) in [6, 6.07) is 15.5. The summed E-state index contributed by atoms with van der Waals surface area (Å²) in [5.41, 5.74) is 1.50. The minimum absolute atomic E-state index is 0.00399. The zero-order valence-corrected chi connectivity index (χ0v) is 16.0. The Hall–Kier alpha value is -2.53. The fraction of sp³-hybridized carbons (Fsp3) is 0.409. The summed E-state index contributed by atoms with van der Waals surface area (Å²) in [6.45, 7) is 5.50. The maximum Gasteiger partial charge on any atom is 0.237 e. The molecule has 1 fully saturated rings. The molecule has 5 heteroatoms. The number of benzene rings is 1. The minimum atomic E-state index is -0.429. The number of carbonyl (C=O) groups excluding carboxylic acids is 2. The first-order chi connectivity index (χ1) is 13.0. The van der Waals surface area contributed by atoms with Crippen LogP contribution in [0.1, 0.15) is 37.9 Å². The van der Waals surface area contributed by atoms with Gasteiger partial charge in [-0.25, -0.2) is 0 Å². The zero-order valence-electron chi connectivity index (χ0n) is 16.0. The number of Topliss-reactive ketones (excluding diaryl/α,β-unsaturated/α-hetero) is 1. The molecule has 1 aromatic heterocycles. The van der Waals surface area contributed by atoms with Crippen molar-refractivity contribution in [1.82, 2.24) is 15.2 Å². The third-order valence-corrected chi connectivity index (χ3v) is 5.75. The highest BCUT2D eigenvalue weighted by Crippen LogP contribution is 2.36. The van der Waals surface area contributed by atoms with Gasteiger partial charge in [-0.15, -0.1) is 0 Å². The van der Waals surface area contributed by atoms with Crippen LogP contribution < -0.4 is 5.32 Å². The van der Waals surface area contributed by atoms with Crippen LogP contribution in [0.25, 0.3) is 0 Å². The molecule has 0 bridgehead atoms. The molecule has 0 aliphatic carbocycles. The molecule has 1 saturated heterocycles. The van der Waals surface area contributed by atoms with Gasteiger partial charge < -0.3 is 5.32 Å². The van der Waals surface area contributed by atoms with E-state index in [-0.39, 0.29) is 17.7 Å². The molecule has 2 aromatic rings. The summed E-state index contributed by atoms with van der Waals surface area (Å²) < 4.78 is 0. The number of piperidine rings is 1. The number of hydrogen-bond acceptors (Lipinski definition) is 4. The van der Waals surface area contributed by atoms with Crippen molar-refractivity contribution in [1.29, 1.82) is 0 Å². The smallest absolute Gasteiger partial charge is 0.237 e. The van der Waals surface area contributed by atoms with Crippen molar-refractivity contribution in [2.24, 2.45) is 0 Å². The number of likely N-dealkylation sites (tertiary alicyclic amines) is 1. The summed E-state index contributed by atoms with van der Waals surface area (Å²) in [6.07, 6.45) is 3.20. The average Bonchev–Trinajstić information content (AvgIpc) is 2.72. The summed E-state index contributed by atoms with van der Waals surface area (Å²) in [4.78, 5) is 31.4. The number of ketones is 1. The van der Waals surface area contributed by atoms with Gasteiger partial charge in [-0.3, -0.25) is 19.5 Å². The van der Waals surface area contributed by atoms with E-state index in [9.17, 15) is 9.59 Å². The lowest BCUT2D eigenvalue weighted by Crippen LogP contribution is -2.53. The van der Waals surface area contributed by atoms with Gasteiger partial charge in [-0.1, -0.05) is 36.4 Å². The Morgan fingerprint density at radius 2 is 1.78 bits per heavy atom. The van der Waals surface area contributed by atoms with E-state index in [1.165, 1.54) is 0 Å². The van der Waals surface area contributed by atoms with Crippen molar-refractivity contribution in [3.8, 4) is 0 Å². The van der Waals surface area contributed by atoms with Gasteiger partial charge in [0.1, 0.15) is 5.78 Å². The van der Waals surface area contributed by atoms with Crippen LogP contribution in [0.2, 0.25) is 0 Å². The largest absolute Gasteiger partial charge is 0.349 e. The van der Waals surface area contributed by atoms with Crippen LogP contribution in [-0.4, -0.2) is 40.7 Å². The van der Waals surface area contributed by atoms with E-state index in [0.29, 0.717) is 6.54 Å². The number of amides is 1. The van der Waals surface area contributed by atoms with Gasteiger partial charge in [0.15, 0.2) is 0 Å². The van der Waals surface area contributed by atoms with Crippen LogP contribution in [0.4, 0.5) is 0 Å². The molecule has 0 spiro atoms. The van der Waals surface area contributed by atoms with Crippen LogP contribution in [0, 0.1) is 0 Å². The van der Waals surface area contributed by atoms with Crippen molar-refractivity contribution in [2.75, 3.05) is 13.1 Å². The standard InChI is InChI=1S/C22H27N3O2/c1-17(21(27)24-16-20-10-6-7-13-23-20)25-14-11-22(12-15-25,18(2)26)19-8-4-3-5-9-19/h3-10,13,17H,11-12,14-16H2,1-2H3,(H,24,27). The maximum absolute atomic E-state index is 12.5. The van der Waals surface area contributed by atoms with Crippen LogP contribution in [-0.2, 0) is 21.5 Å². The van der Waals surface area contributed by atoms with Crippen molar-refractivity contribution >= 4 is 11.7 Å². The zero-order chi connectivity index (χ0) is 19.3. The third kappa shape index (κ3) is 4.25. The van der Waals surface area contributed by atoms with Gasteiger partial charge in [-0.05, 0) is 44.4 Å². The summed E-state index contributed by atoms with van der Waals surface area (Å²) in [5.74, 6) is 0.205. The van der Waals surface area contributed by atoms with Crippen LogP contribution in [0.5, 0.6) is 0 Å². The average molecular weight is 365 g/mol. The van der Waals surface area contributed by atoms with E-state index in [0.717, 1.165) is 37.2 Å². The Morgan fingerprint density at radius 3 is 2.37 bits per heavy atom. The maximum atomic E-state index is 12.5. The fourth-order valence-electron chi connectivity index (χ4n) is 3.89. The van der Waals surface area contributed by atoms with E-state index in [1.807, 2.05) is 55.5 Å². The highest BCUT2D eigenvalue weighted by Gasteiger charge is 2.41. The first kappa shape index (κ1) is 19.2. The number of nitrogens with one attached hydrogen (secondary N) is 1. The monoisotopic (exact) mass is 365 g/mol. The Labute approximate surface area is 160 Å². The van der Waals surface area contributed by atoms with E-state index >= 15 is 0 Å². The van der Waals surface area contributed by atoms with E-state index < -0.39 is 5.41 Å². The number of rotatable bonds is 6. The van der Waals surface area contributed by atoms with Gasteiger partial charge in [0, 0.05) is 19.3 Å². The van der Waals surface area contributed by atoms with Crippen LogP contribution >= 0.6 is 0 Å². The SMILES string of the molecule is CC(=O)C1(c2ccccc2)CCN(C(C)C(=O)NCc2ccccn2)CC1. The molecule has 3 rings (SSSR count). The lowest BCUT2D eigenvalue weighted by molar-refractivity contribution is -0.128. The summed E-state index contributed by atoms with van der Waals surface area (Å²) in [7, 11) is 0. The quantitative estimate of drug-likeness (QED) is 0.855. The molecule has 1 aliphatic rings. The Bertz CT molecular complexity index is 769. The van der Waals surface area contributed by atoms with E-state index in [2.05, 4.69) is 15.2 Å². The molecule has 142 valence electrons. The second kappa shape index (κ2) is 8.44. The molecular formula is C22H27N3O2. The second-order valence-corrected chi connectivity index (χ2v) is 7.26. The fourth-order valence-corrected chi connectivity index (χ4v) is 3.89. The summed E-state index contributed by atoms with van der Waals surface area (Å²) >= 11 is 0. The molecule has 2 heterocycles. The highest BCUT2D eigenvalue weighted by atomic mass is 16.2.